The summed E-state index contributed by atoms with van der Waals surface area (Å²) in [7, 11) is 0. The van der Waals surface area contributed by atoms with Gasteiger partial charge in [-0.1, -0.05) is 31.0 Å². The fourth-order valence-electron chi connectivity index (χ4n) is 2.55. The van der Waals surface area contributed by atoms with Gasteiger partial charge in [0, 0.05) is 11.6 Å². The Hall–Kier alpha value is -1.02. The third-order valence-corrected chi connectivity index (χ3v) is 3.65. The first-order valence-corrected chi connectivity index (χ1v) is 6.35. The molecule has 16 heavy (non-hydrogen) atoms. The molecule has 0 radical (unpaired) electrons. The van der Waals surface area contributed by atoms with E-state index >= 15 is 0 Å². The number of rotatable bonds is 3. The molecule has 1 saturated carbocycles. The molecular weight excluding hydrogens is 198 g/mol. The highest BCUT2D eigenvalue weighted by atomic mass is 16.5. The fraction of sp³-hybridized carbons (Fsp3) is 0.571. The molecular formula is C14H19NO. The van der Waals surface area contributed by atoms with Crippen LogP contribution in [0.3, 0.4) is 0 Å². The average molecular weight is 217 g/mol. The van der Waals surface area contributed by atoms with Crippen LogP contribution in [0.4, 0.5) is 0 Å². The van der Waals surface area contributed by atoms with E-state index in [1.54, 1.807) is 0 Å². The van der Waals surface area contributed by atoms with E-state index in [1.807, 2.05) is 0 Å². The van der Waals surface area contributed by atoms with Crippen molar-refractivity contribution in [2.24, 2.45) is 11.7 Å². The fourth-order valence-corrected chi connectivity index (χ4v) is 2.55. The molecule has 1 aromatic rings. The summed E-state index contributed by atoms with van der Waals surface area (Å²) in [6.07, 6.45) is 6.13. The summed E-state index contributed by atoms with van der Waals surface area (Å²) in [5.41, 5.74) is 8.85. The summed E-state index contributed by atoms with van der Waals surface area (Å²) in [6.45, 7) is 0.847. The molecule has 1 aliphatic carbocycles. The van der Waals surface area contributed by atoms with Crippen molar-refractivity contribution >= 4 is 0 Å². The minimum absolute atomic E-state index is 0.167. The van der Waals surface area contributed by atoms with Crippen LogP contribution < -0.4 is 10.5 Å². The molecule has 0 amide bonds. The molecule has 86 valence electrons. The van der Waals surface area contributed by atoms with Crippen molar-refractivity contribution in [1.82, 2.24) is 0 Å². The lowest BCUT2D eigenvalue weighted by Crippen LogP contribution is -2.16. The number of nitrogens with two attached hydrogens (primary N) is 1. The van der Waals surface area contributed by atoms with Crippen LogP contribution in [-0.4, -0.2) is 6.61 Å². The SMILES string of the molecule is NC(CC1CC1)c1cccc2c1OCCC2. The molecule has 2 heteroatoms. The predicted octanol–water partition coefficient (Wildman–Crippen LogP) is 2.81. The number of ether oxygens (including phenoxy) is 1. The van der Waals surface area contributed by atoms with Crippen LogP contribution >= 0.6 is 0 Å². The molecule has 1 fully saturated rings. The Balaban J connectivity index is 1.86. The van der Waals surface area contributed by atoms with Gasteiger partial charge in [0.1, 0.15) is 5.75 Å². The first kappa shape index (κ1) is 10.2. The van der Waals surface area contributed by atoms with Gasteiger partial charge in [-0.2, -0.15) is 0 Å². The maximum atomic E-state index is 6.28. The Morgan fingerprint density at radius 3 is 3.06 bits per heavy atom. The molecule has 0 bridgehead atoms. The van der Waals surface area contributed by atoms with Gasteiger partial charge in [0.05, 0.1) is 6.61 Å². The van der Waals surface area contributed by atoms with Crippen LogP contribution in [0.25, 0.3) is 0 Å². The van der Waals surface area contributed by atoms with Crippen LogP contribution in [0.15, 0.2) is 18.2 Å². The number of aryl methyl sites for hydroxylation is 1. The number of hydrogen-bond donors (Lipinski definition) is 1. The third-order valence-electron chi connectivity index (χ3n) is 3.65. The first-order valence-electron chi connectivity index (χ1n) is 6.35. The van der Waals surface area contributed by atoms with Gasteiger partial charge in [-0.05, 0) is 30.7 Å². The van der Waals surface area contributed by atoms with E-state index in [2.05, 4.69) is 18.2 Å². The molecule has 2 N–H and O–H groups in total. The second kappa shape index (κ2) is 4.10. The van der Waals surface area contributed by atoms with Gasteiger partial charge in [-0.15, -0.1) is 0 Å². The minimum atomic E-state index is 0.167. The molecule has 3 rings (SSSR count). The van der Waals surface area contributed by atoms with E-state index in [4.69, 9.17) is 10.5 Å². The predicted molar refractivity (Wildman–Crippen MR) is 64.5 cm³/mol. The van der Waals surface area contributed by atoms with Gasteiger partial charge in [0.25, 0.3) is 0 Å². The molecule has 2 aliphatic rings. The summed E-state index contributed by atoms with van der Waals surface area (Å²) < 4.78 is 5.80. The zero-order valence-electron chi connectivity index (χ0n) is 9.61. The van der Waals surface area contributed by atoms with E-state index in [9.17, 15) is 0 Å². The van der Waals surface area contributed by atoms with Gasteiger partial charge in [0.15, 0.2) is 0 Å². The highest BCUT2D eigenvalue weighted by Crippen LogP contribution is 2.40. The van der Waals surface area contributed by atoms with Crippen LogP contribution in [0.5, 0.6) is 5.75 Å². The van der Waals surface area contributed by atoms with E-state index in [1.165, 1.54) is 24.0 Å². The molecule has 1 unspecified atom stereocenters. The van der Waals surface area contributed by atoms with E-state index in [-0.39, 0.29) is 6.04 Å². The third kappa shape index (κ3) is 1.94. The van der Waals surface area contributed by atoms with Gasteiger partial charge < -0.3 is 10.5 Å². The Bertz CT molecular complexity index is 384. The average Bonchev–Trinajstić information content (AvgIpc) is 3.12. The Morgan fingerprint density at radius 1 is 1.38 bits per heavy atom. The summed E-state index contributed by atoms with van der Waals surface area (Å²) in [4.78, 5) is 0. The van der Waals surface area contributed by atoms with Crippen molar-refractivity contribution in [1.29, 1.82) is 0 Å². The molecule has 2 nitrogen and oxygen atoms in total. The van der Waals surface area contributed by atoms with E-state index < -0.39 is 0 Å². The standard InChI is InChI=1S/C14H19NO/c15-13(9-10-6-7-10)12-5-1-3-11-4-2-8-16-14(11)12/h1,3,5,10,13H,2,4,6-9,15H2. The Morgan fingerprint density at radius 2 is 2.25 bits per heavy atom. The quantitative estimate of drug-likeness (QED) is 0.845. The summed E-state index contributed by atoms with van der Waals surface area (Å²) in [6, 6.07) is 6.59. The largest absolute Gasteiger partial charge is 0.493 e. The lowest BCUT2D eigenvalue weighted by molar-refractivity contribution is 0.282. The molecule has 0 saturated heterocycles. The lowest BCUT2D eigenvalue weighted by Gasteiger charge is -2.23. The van der Waals surface area contributed by atoms with Crippen molar-refractivity contribution in [2.75, 3.05) is 6.61 Å². The highest BCUT2D eigenvalue weighted by Gasteiger charge is 2.26. The highest BCUT2D eigenvalue weighted by molar-refractivity contribution is 5.44. The number of para-hydroxylation sites is 1. The minimum Gasteiger partial charge on any atom is -0.493 e. The molecule has 1 aliphatic heterocycles. The van der Waals surface area contributed by atoms with Crippen molar-refractivity contribution in [3.63, 3.8) is 0 Å². The first-order chi connectivity index (χ1) is 7.84. The maximum absolute atomic E-state index is 6.28. The zero-order chi connectivity index (χ0) is 11.0. The smallest absolute Gasteiger partial charge is 0.127 e. The molecule has 1 atom stereocenters. The number of fused-ring (bicyclic) bond motifs is 1. The van der Waals surface area contributed by atoms with Gasteiger partial charge in [0.2, 0.25) is 0 Å². The number of benzene rings is 1. The Labute approximate surface area is 96.8 Å². The maximum Gasteiger partial charge on any atom is 0.127 e. The van der Waals surface area contributed by atoms with Crippen molar-refractivity contribution in [2.45, 2.75) is 38.1 Å². The van der Waals surface area contributed by atoms with Gasteiger partial charge >= 0.3 is 0 Å². The molecule has 0 aromatic heterocycles. The van der Waals surface area contributed by atoms with Crippen LogP contribution in [-0.2, 0) is 6.42 Å². The van der Waals surface area contributed by atoms with E-state index in [0.717, 1.165) is 37.5 Å². The molecule has 1 heterocycles. The van der Waals surface area contributed by atoms with E-state index in [0.29, 0.717) is 0 Å². The van der Waals surface area contributed by atoms with Crippen molar-refractivity contribution in [3.05, 3.63) is 29.3 Å². The number of hydrogen-bond acceptors (Lipinski definition) is 2. The second-order valence-corrected chi connectivity index (χ2v) is 5.07. The van der Waals surface area contributed by atoms with Crippen molar-refractivity contribution < 1.29 is 4.74 Å². The van der Waals surface area contributed by atoms with Crippen LogP contribution in [0.1, 0.15) is 42.9 Å². The topological polar surface area (TPSA) is 35.2 Å². The molecule has 0 spiro atoms. The lowest BCUT2D eigenvalue weighted by atomic mass is 9.96. The zero-order valence-corrected chi connectivity index (χ0v) is 9.61. The van der Waals surface area contributed by atoms with Gasteiger partial charge in [-0.25, -0.2) is 0 Å². The molecule has 1 aromatic carbocycles. The van der Waals surface area contributed by atoms with Gasteiger partial charge in [-0.3, -0.25) is 0 Å². The van der Waals surface area contributed by atoms with Crippen LogP contribution in [0, 0.1) is 5.92 Å². The Kier molecular flexibility index (Phi) is 2.60. The summed E-state index contributed by atoms with van der Waals surface area (Å²) in [5.74, 6) is 1.95. The second-order valence-electron chi connectivity index (χ2n) is 5.07. The van der Waals surface area contributed by atoms with Crippen molar-refractivity contribution in [3.8, 4) is 5.75 Å². The summed E-state index contributed by atoms with van der Waals surface area (Å²) in [5, 5.41) is 0. The monoisotopic (exact) mass is 217 g/mol. The summed E-state index contributed by atoms with van der Waals surface area (Å²) >= 11 is 0. The van der Waals surface area contributed by atoms with Crippen LogP contribution in [0.2, 0.25) is 0 Å². The normalized spacial score (nSPS) is 21.1.